The Kier molecular flexibility index (Phi) is 4.00. The summed E-state index contributed by atoms with van der Waals surface area (Å²) in [7, 11) is 0. The maximum absolute atomic E-state index is 13.4. The molecule has 2 amide bonds. The number of hydrogen-bond acceptors (Lipinski definition) is 3. The third-order valence-electron chi connectivity index (χ3n) is 5.65. The number of carbonyl (C=O) groups excluding carboxylic acids is 2. The molecular formula is C17H22F2N4O2. The molecule has 2 aliphatic heterocycles. The molecule has 1 atom stereocenters. The zero-order valence-electron chi connectivity index (χ0n) is 14.0. The summed E-state index contributed by atoms with van der Waals surface area (Å²) in [6.45, 7) is 0.831. The van der Waals surface area contributed by atoms with E-state index in [9.17, 15) is 18.4 Å². The average Bonchev–Trinajstić information content (AvgIpc) is 3.00. The summed E-state index contributed by atoms with van der Waals surface area (Å²) >= 11 is 0. The molecule has 4 rings (SSSR count). The van der Waals surface area contributed by atoms with E-state index < -0.39 is 12.0 Å². The number of amides is 2. The van der Waals surface area contributed by atoms with Crippen LogP contribution in [0.1, 0.15) is 43.8 Å². The van der Waals surface area contributed by atoms with Gasteiger partial charge in [-0.3, -0.25) is 14.3 Å². The Morgan fingerprint density at radius 2 is 1.84 bits per heavy atom. The minimum atomic E-state index is -2.69. The highest BCUT2D eigenvalue weighted by Crippen LogP contribution is 2.33. The molecular weight excluding hydrogens is 330 g/mol. The van der Waals surface area contributed by atoms with Gasteiger partial charge in [-0.25, -0.2) is 8.78 Å². The summed E-state index contributed by atoms with van der Waals surface area (Å²) in [5.41, 5.74) is 0.819. The standard InChI is InChI=1S/C17H22F2N4O2/c18-17(19)5-8-21(9-6-17)16(25)14-11-22(15(24)12-2-1-3-12)10-13-4-7-20-23(13)14/h4,7,12,14H,1-3,5-6,8-11H2. The van der Waals surface area contributed by atoms with Crippen LogP contribution in [0, 0.1) is 5.92 Å². The third-order valence-corrected chi connectivity index (χ3v) is 5.65. The topological polar surface area (TPSA) is 58.4 Å². The molecule has 1 aromatic heterocycles. The van der Waals surface area contributed by atoms with E-state index >= 15 is 0 Å². The Hall–Kier alpha value is -1.99. The molecule has 136 valence electrons. The van der Waals surface area contributed by atoms with Gasteiger partial charge in [0.15, 0.2) is 0 Å². The zero-order chi connectivity index (χ0) is 17.6. The van der Waals surface area contributed by atoms with Crippen LogP contribution in [0.3, 0.4) is 0 Å². The number of likely N-dealkylation sites (tertiary alicyclic amines) is 1. The second-order valence-corrected chi connectivity index (χ2v) is 7.31. The Labute approximate surface area is 144 Å². The molecule has 0 bridgehead atoms. The van der Waals surface area contributed by atoms with Crippen molar-refractivity contribution in [1.29, 1.82) is 0 Å². The number of hydrogen-bond donors (Lipinski definition) is 0. The van der Waals surface area contributed by atoms with E-state index in [1.807, 2.05) is 6.07 Å². The van der Waals surface area contributed by atoms with Crippen LogP contribution in [0.2, 0.25) is 0 Å². The van der Waals surface area contributed by atoms with Crippen molar-refractivity contribution in [2.45, 2.75) is 50.6 Å². The van der Waals surface area contributed by atoms with Crippen molar-refractivity contribution in [3.05, 3.63) is 18.0 Å². The lowest BCUT2D eigenvalue weighted by Crippen LogP contribution is -2.52. The molecule has 1 unspecified atom stereocenters. The van der Waals surface area contributed by atoms with Crippen molar-refractivity contribution >= 4 is 11.8 Å². The number of piperidine rings is 1. The molecule has 1 saturated heterocycles. The molecule has 0 N–H and O–H groups in total. The Balaban J connectivity index is 1.51. The average molecular weight is 352 g/mol. The number of rotatable bonds is 2. The molecule has 6 nitrogen and oxygen atoms in total. The van der Waals surface area contributed by atoms with E-state index in [1.54, 1.807) is 15.8 Å². The maximum Gasteiger partial charge on any atom is 0.251 e. The van der Waals surface area contributed by atoms with E-state index in [2.05, 4.69) is 5.10 Å². The summed E-state index contributed by atoms with van der Waals surface area (Å²) in [6, 6.07) is 1.19. The molecule has 2 fully saturated rings. The van der Waals surface area contributed by atoms with Gasteiger partial charge in [-0.2, -0.15) is 5.10 Å². The highest BCUT2D eigenvalue weighted by Gasteiger charge is 2.41. The number of nitrogens with zero attached hydrogens (tertiary/aromatic N) is 4. The van der Waals surface area contributed by atoms with Crippen LogP contribution in [0.4, 0.5) is 8.78 Å². The van der Waals surface area contributed by atoms with Crippen LogP contribution in [-0.2, 0) is 16.1 Å². The van der Waals surface area contributed by atoms with Crippen molar-refractivity contribution in [1.82, 2.24) is 19.6 Å². The van der Waals surface area contributed by atoms with E-state index in [0.29, 0.717) is 6.54 Å². The molecule has 25 heavy (non-hydrogen) atoms. The highest BCUT2D eigenvalue weighted by atomic mass is 19.3. The highest BCUT2D eigenvalue weighted by molar-refractivity contribution is 5.84. The maximum atomic E-state index is 13.4. The molecule has 1 saturated carbocycles. The van der Waals surface area contributed by atoms with Crippen molar-refractivity contribution in [2.24, 2.45) is 5.92 Å². The van der Waals surface area contributed by atoms with E-state index in [4.69, 9.17) is 0 Å². The first-order chi connectivity index (χ1) is 11.9. The smallest absolute Gasteiger partial charge is 0.251 e. The van der Waals surface area contributed by atoms with Crippen molar-refractivity contribution in [3.8, 4) is 0 Å². The number of alkyl halides is 2. The van der Waals surface area contributed by atoms with Crippen molar-refractivity contribution in [3.63, 3.8) is 0 Å². The first-order valence-corrected chi connectivity index (χ1v) is 8.92. The number of carbonyl (C=O) groups is 2. The van der Waals surface area contributed by atoms with Gasteiger partial charge in [0.2, 0.25) is 11.8 Å². The zero-order valence-corrected chi connectivity index (χ0v) is 14.0. The third kappa shape index (κ3) is 3.02. The van der Waals surface area contributed by atoms with Crippen LogP contribution >= 0.6 is 0 Å². The van der Waals surface area contributed by atoms with Gasteiger partial charge >= 0.3 is 0 Å². The summed E-state index contributed by atoms with van der Waals surface area (Å²) in [4.78, 5) is 28.8. The monoisotopic (exact) mass is 352 g/mol. The van der Waals surface area contributed by atoms with E-state index in [1.165, 1.54) is 4.90 Å². The Morgan fingerprint density at radius 1 is 1.12 bits per heavy atom. The SMILES string of the molecule is O=C(C1CCC1)N1Cc2ccnn2C(C(=O)N2CCC(F)(F)CC2)C1. The fourth-order valence-electron chi connectivity index (χ4n) is 3.82. The van der Waals surface area contributed by atoms with Gasteiger partial charge in [0, 0.05) is 38.0 Å². The lowest BCUT2D eigenvalue weighted by atomic mass is 9.84. The quantitative estimate of drug-likeness (QED) is 0.816. The minimum absolute atomic E-state index is 0.0511. The second-order valence-electron chi connectivity index (χ2n) is 7.31. The van der Waals surface area contributed by atoms with Crippen LogP contribution in [0.15, 0.2) is 12.3 Å². The largest absolute Gasteiger partial charge is 0.340 e. The predicted molar refractivity (Wildman–Crippen MR) is 84.8 cm³/mol. The number of fused-ring (bicyclic) bond motifs is 1. The molecule has 3 aliphatic rings. The van der Waals surface area contributed by atoms with Crippen LogP contribution in [0.25, 0.3) is 0 Å². The van der Waals surface area contributed by atoms with Gasteiger partial charge in [0.05, 0.1) is 18.8 Å². The molecule has 3 heterocycles. The van der Waals surface area contributed by atoms with Gasteiger partial charge < -0.3 is 9.80 Å². The molecule has 0 radical (unpaired) electrons. The predicted octanol–water partition coefficient (Wildman–Crippen LogP) is 1.82. The summed E-state index contributed by atoms with van der Waals surface area (Å²) in [6.07, 6.45) is 3.91. The molecule has 8 heteroatoms. The van der Waals surface area contributed by atoms with Crippen LogP contribution in [0.5, 0.6) is 0 Å². The fourth-order valence-corrected chi connectivity index (χ4v) is 3.82. The molecule has 1 aliphatic carbocycles. The Morgan fingerprint density at radius 3 is 2.48 bits per heavy atom. The molecule has 0 aromatic carbocycles. The first kappa shape index (κ1) is 16.5. The minimum Gasteiger partial charge on any atom is -0.340 e. The summed E-state index contributed by atoms with van der Waals surface area (Å²) in [5.74, 6) is -2.74. The van der Waals surface area contributed by atoms with Crippen molar-refractivity contribution in [2.75, 3.05) is 19.6 Å². The van der Waals surface area contributed by atoms with Gasteiger partial charge in [-0.05, 0) is 18.9 Å². The van der Waals surface area contributed by atoms with E-state index in [-0.39, 0.29) is 50.2 Å². The van der Waals surface area contributed by atoms with Gasteiger partial charge in [-0.15, -0.1) is 0 Å². The van der Waals surface area contributed by atoms with Gasteiger partial charge in [-0.1, -0.05) is 6.42 Å². The van der Waals surface area contributed by atoms with Gasteiger partial charge in [0.25, 0.3) is 5.92 Å². The van der Waals surface area contributed by atoms with Crippen molar-refractivity contribution < 1.29 is 18.4 Å². The summed E-state index contributed by atoms with van der Waals surface area (Å²) < 4.78 is 28.4. The fraction of sp³-hybridized carbons (Fsp3) is 0.706. The van der Waals surface area contributed by atoms with E-state index in [0.717, 1.165) is 25.0 Å². The first-order valence-electron chi connectivity index (χ1n) is 8.92. The lowest BCUT2D eigenvalue weighted by molar-refractivity contribution is -0.146. The lowest BCUT2D eigenvalue weighted by Gasteiger charge is -2.40. The number of aromatic nitrogens is 2. The van der Waals surface area contributed by atoms with Crippen LogP contribution in [-0.4, -0.2) is 57.0 Å². The Bertz CT molecular complexity index is 676. The normalized spacial score (nSPS) is 26.1. The van der Waals surface area contributed by atoms with Crippen LogP contribution < -0.4 is 0 Å². The molecule has 0 spiro atoms. The van der Waals surface area contributed by atoms with Gasteiger partial charge in [0.1, 0.15) is 6.04 Å². The number of halogens is 2. The summed E-state index contributed by atoms with van der Waals surface area (Å²) in [5, 5.41) is 4.24. The molecule has 1 aromatic rings. The second kappa shape index (κ2) is 6.07.